The molecule has 130 heavy (non-hydrogen) atoms. The van der Waals surface area contributed by atoms with Crippen LogP contribution in [0.1, 0.15) is 73.6 Å². The van der Waals surface area contributed by atoms with Crippen LogP contribution in [0.2, 0.25) is 0 Å². The lowest BCUT2D eigenvalue weighted by molar-refractivity contribution is 0.281. The summed E-state index contributed by atoms with van der Waals surface area (Å²) in [5.74, 6) is 10.1. The van der Waals surface area contributed by atoms with Gasteiger partial charge in [-0.3, -0.25) is 15.3 Å². The minimum Gasteiger partial charge on any atom is -0.493 e. The number of aromatic nitrogens is 17. The second-order valence-corrected chi connectivity index (χ2v) is 29.6. The van der Waals surface area contributed by atoms with Gasteiger partial charge in [-0.1, -0.05) is 182 Å². The summed E-state index contributed by atoms with van der Waals surface area (Å²) < 4.78 is 59.0. The first-order valence-corrected chi connectivity index (χ1v) is 41.9. The molecule has 8 heterocycles. The molecule has 4 N–H and O–H groups in total. The average Bonchev–Trinajstić information content (AvgIpc) is 1.28. The fraction of sp³-hybridized carbons (Fsp3) is 0.117. The number of aromatic amines is 4. The summed E-state index contributed by atoms with van der Waals surface area (Å²) >= 11 is 0. The van der Waals surface area contributed by atoms with E-state index in [2.05, 4.69) is 153 Å². The quantitative estimate of drug-likeness (QED) is 0.0297. The SMILES string of the molecule is COc1ccc(-c2nn[nH]n2)cc1OCc1cccc(OCc2ccc3ccccc3n2)c1.c1cc(COc2ccc(OCc3ccc4ccccc4n3)cc2)cc(OCc2ncn[nH]2)c1.c1cc(COc2cccc(OCc3ccc4ccccc4n3)c2)cc(Cc2ncn[nH]2)c1.c1cc(OCc2ccc3ccccc3n2)cc(OCc2ccccc2Cc2ncn[nH]2)c1. The molecule has 0 bridgehead atoms. The number of para-hydroxylation sites is 4. The number of benzene rings is 12. The van der Waals surface area contributed by atoms with E-state index >= 15 is 0 Å². The molecule has 0 aliphatic rings. The first kappa shape index (κ1) is 85.0. The number of hydrogen-bond acceptors (Lipinski definition) is 23. The largest absolute Gasteiger partial charge is 0.493 e. The number of nitrogens with one attached hydrogen (secondary N) is 4. The highest BCUT2D eigenvalue weighted by Crippen LogP contribution is 2.34. The van der Waals surface area contributed by atoms with Gasteiger partial charge in [-0.05, 0) is 178 Å². The van der Waals surface area contributed by atoms with Crippen LogP contribution in [0, 0.1) is 0 Å². The molecule has 0 spiro atoms. The smallest absolute Gasteiger partial charge is 0.204 e. The highest BCUT2D eigenvalue weighted by molar-refractivity contribution is 5.81. The maximum absolute atomic E-state index is 6.06. The lowest BCUT2D eigenvalue weighted by atomic mass is 10.1. The summed E-state index contributed by atoms with van der Waals surface area (Å²) in [4.78, 5) is 31.1. The minimum atomic E-state index is 0.334. The van der Waals surface area contributed by atoms with Crippen molar-refractivity contribution in [1.29, 1.82) is 0 Å². The Bertz CT molecular complexity index is 7000. The van der Waals surface area contributed by atoms with Gasteiger partial charge in [0.2, 0.25) is 5.82 Å². The van der Waals surface area contributed by atoms with Crippen molar-refractivity contribution < 1.29 is 47.4 Å². The Morgan fingerprint density at radius 2 is 0.638 bits per heavy atom. The third-order valence-corrected chi connectivity index (χ3v) is 20.4. The standard InChI is InChI=1S/C26H22N4O3.2C26H22N4O2.C25H21N5O3/c1-2-7-25-20(5-1)8-9-21(29-25)16-32-23-12-10-22(11-13-23)31-15-19-4-3-6-24(14-19)33-17-26-27-18-28-30-26;1-2-10-25-21(7-1)11-12-22(29-25)17-32-24-9-4-8-23(15-24)31-16-20-6-3-5-19(13-20)14-26-27-18-28-30-26;1-2-8-21(20(7-1)14-26-27-18-28-30-26)16-31-23-9-5-10-24(15-23)32-17-22-13-12-19-6-3-4-11-25(19)29-22;1-31-23-12-10-19(25-27-29-30-28-25)14-24(23)33-15-17-5-4-7-21(13-17)32-16-20-11-9-18-6-2-3-8-22(18)26-20/h1-14,18H,15-17H2,(H,27,28,30);2*1-13,15,18H,14,16-17H2,(H,27,28,30);2-14H,15-16H2,1H3,(H,27,28,29,30). The first-order valence-electron chi connectivity index (χ1n) is 41.9. The average molecular weight is 1720 g/mol. The van der Waals surface area contributed by atoms with Crippen LogP contribution in [0.4, 0.5) is 0 Å². The van der Waals surface area contributed by atoms with Crippen LogP contribution in [0.15, 0.2) is 353 Å². The van der Waals surface area contributed by atoms with E-state index in [-0.39, 0.29) is 0 Å². The molecule has 0 saturated heterocycles. The molecular formula is C103H87N17O10. The van der Waals surface area contributed by atoms with Crippen molar-refractivity contribution in [3.8, 4) is 68.9 Å². The number of methoxy groups -OCH3 is 1. The highest BCUT2D eigenvalue weighted by Gasteiger charge is 2.15. The summed E-state index contributed by atoms with van der Waals surface area (Å²) in [6.45, 7) is 3.63. The van der Waals surface area contributed by atoms with Crippen molar-refractivity contribution in [3.63, 3.8) is 0 Å². The molecule has 27 heteroatoms. The van der Waals surface area contributed by atoms with Gasteiger partial charge in [-0.2, -0.15) is 20.5 Å². The lowest BCUT2D eigenvalue weighted by Crippen LogP contribution is -2.02. The predicted molar refractivity (Wildman–Crippen MR) is 492 cm³/mol. The number of tetrazole rings is 1. The monoisotopic (exact) mass is 1720 g/mol. The van der Waals surface area contributed by atoms with Crippen LogP contribution in [-0.2, 0) is 72.3 Å². The fourth-order valence-corrected chi connectivity index (χ4v) is 13.8. The van der Waals surface area contributed by atoms with Gasteiger partial charge >= 0.3 is 0 Å². The van der Waals surface area contributed by atoms with E-state index in [0.29, 0.717) is 95.5 Å². The number of nitrogens with zero attached hydrogens (tertiary/aromatic N) is 13. The molecule has 0 unspecified atom stereocenters. The number of ether oxygens (including phenoxy) is 10. The van der Waals surface area contributed by atoms with Gasteiger partial charge < -0.3 is 47.4 Å². The zero-order valence-electron chi connectivity index (χ0n) is 70.7. The Kier molecular flexibility index (Phi) is 28.4. The number of H-pyrrole nitrogens is 4. The van der Waals surface area contributed by atoms with E-state index in [1.54, 1.807) is 7.11 Å². The maximum Gasteiger partial charge on any atom is 0.204 e. The highest BCUT2D eigenvalue weighted by atomic mass is 16.5. The van der Waals surface area contributed by atoms with Gasteiger partial charge in [-0.15, -0.1) is 10.2 Å². The van der Waals surface area contributed by atoms with E-state index in [9.17, 15) is 0 Å². The molecule has 20 aromatic rings. The van der Waals surface area contributed by atoms with Gasteiger partial charge in [0.15, 0.2) is 17.3 Å². The summed E-state index contributed by atoms with van der Waals surface area (Å²) in [5.41, 5.74) is 14.6. The zero-order chi connectivity index (χ0) is 87.9. The lowest BCUT2D eigenvalue weighted by Gasteiger charge is -2.12. The normalized spacial score (nSPS) is 10.8. The molecule has 20 rings (SSSR count). The van der Waals surface area contributed by atoms with Gasteiger partial charge in [0.25, 0.3) is 0 Å². The van der Waals surface area contributed by atoms with Crippen molar-refractivity contribution in [1.82, 2.24) is 86.1 Å². The Morgan fingerprint density at radius 3 is 1.10 bits per heavy atom. The molecule has 8 aromatic heterocycles. The Balaban J connectivity index is 0.000000121. The molecule has 0 fully saturated rings. The minimum absolute atomic E-state index is 0.334. The molecule has 0 saturated carbocycles. The van der Waals surface area contributed by atoms with Crippen molar-refractivity contribution in [3.05, 3.63) is 426 Å². The third kappa shape index (κ3) is 24.4. The van der Waals surface area contributed by atoms with Crippen molar-refractivity contribution >= 4 is 43.6 Å². The van der Waals surface area contributed by atoms with Crippen molar-refractivity contribution in [2.45, 2.75) is 72.3 Å². The number of pyridine rings is 4. The van der Waals surface area contributed by atoms with Crippen molar-refractivity contribution in [2.24, 2.45) is 0 Å². The topological polar surface area (TPSA) is 323 Å². The summed E-state index contributed by atoms with van der Waals surface area (Å²) in [6.07, 6.45) is 5.89. The van der Waals surface area contributed by atoms with Crippen LogP contribution < -0.4 is 47.4 Å². The van der Waals surface area contributed by atoms with Crippen LogP contribution in [0.3, 0.4) is 0 Å². The van der Waals surface area contributed by atoms with E-state index in [1.165, 1.54) is 19.0 Å². The molecule has 0 atom stereocenters. The first-order chi connectivity index (χ1) is 64.2. The van der Waals surface area contributed by atoms with Crippen LogP contribution in [0.25, 0.3) is 55.0 Å². The third-order valence-electron chi connectivity index (χ3n) is 20.4. The Hall–Kier alpha value is -17.2. The van der Waals surface area contributed by atoms with Gasteiger partial charge in [-0.25, -0.2) is 34.9 Å². The second kappa shape index (κ2) is 43.4. The van der Waals surface area contributed by atoms with Crippen LogP contribution in [0.5, 0.6) is 57.5 Å². The molecule has 0 radical (unpaired) electrons. The van der Waals surface area contributed by atoms with Gasteiger partial charge in [0, 0.05) is 52.1 Å². The van der Waals surface area contributed by atoms with E-state index in [0.717, 1.165) is 163 Å². The molecule has 12 aromatic carbocycles. The Morgan fingerprint density at radius 1 is 0.262 bits per heavy atom. The van der Waals surface area contributed by atoms with Gasteiger partial charge in [0.05, 0.1) is 52.0 Å². The second-order valence-electron chi connectivity index (χ2n) is 29.6. The molecule has 644 valence electrons. The molecule has 0 amide bonds. The molecule has 0 aliphatic carbocycles. The van der Waals surface area contributed by atoms with Crippen LogP contribution >= 0.6 is 0 Å². The van der Waals surface area contributed by atoms with Crippen LogP contribution in [-0.4, -0.2) is 93.2 Å². The molecular weight excluding hydrogens is 1640 g/mol. The predicted octanol–water partition coefficient (Wildman–Crippen LogP) is 19.9. The summed E-state index contributed by atoms with van der Waals surface area (Å²) in [5, 5.41) is 38.7. The van der Waals surface area contributed by atoms with E-state index in [1.807, 2.05) is 267 Å². The number of rotatable bonds is 33. The summed E-state index contributed by atoms with van der Waals surface area (Å²) in [6, 6.07) is 109. The van der Waals surface area contributed by atoms with Gasteiger partial charge in [0.1, 0.15) is 136 Å². The summed E-state index contributed by atoms with van der Waals surface area (Å²) in [7, 11) is 1.60. The van der Waals surface area contributed by atoms with E-state index < -0.39 is 0 Å². The van der Waals surface area contributed by atoms with Crippen molar-refractivity contribution in [2.75, 3.05) is 7.11 Å². The Labute approximate surface area is 747 Å². The zero-order valence-corrected chi connectivity index (χ0v) is 70.7. The number of fused-ring (bicyclic) bond motifs is 4. The molecule has 27 nitrogen and oxygen atoms in total. The number of hydrogen-bond donors (Lipinski definition) is 4. The maximum atomic E-state index is 6.06. The fourth-order valence-electron chi connectivity index (χ4n) is 13.8. The van der Waals surface area contributed by atoms with E-state index in [4.69, 9.17) is 47.4 Å². The molecule has 0 aliphatic heterocycles.